The van der Waals surface area contributed by atoms with Crippen molar-refractivity contribution in [3.8, 4) is 0 Å². The molecular weight excluding hydrogens is 344 g/mol. The van der Waals surface area contributed by atoms with Crippen LogP contribution in [0, 0.1) is 5.92 Å². The first kappa shape index (κ1) is 20.4. The standard InChI is InChI=1S/C14H24O11/c1-4-6(16)9(22-2)5(3-15)23-14(4)25-10-7(17)8(18)13(21)24-11(10)12(19)20/h4-11,13-18,21H,3H2,1-2H3,(H,19,20). The molecule has 0 amide bonds. The van der Waals surface area contributed by atoms with Gasteiger partial charge in [-0.1, -0.05) is 6.92 Å². The SMILES string of the molecule is COC1C(CO)OC(OC2C(C(=O)O)OC(O)C(O)C2O)C(C)C1O. The second-order valence-electron chi connectivity index (χ2n) is 6.14. The molecule has 146 valence electrons. The van der Waals surface area contributed by atoms with E-state index in [2.05, 4.69) is 0 Å². The van der Waals surface area contributed by atoms with Crippen molar-refractivity contribution < 1.29 is 54.4 Å². The Morgan fingerprint density at radius 1 is 1.04 bits per heavy atom. The van der Waals surface area contributed by atoms with Gasteiger partial charge >= 0.3 is 5.97 Å². The first-order valence-electron chi connectivity index (χ1n) is 7.78. The van der Waals surface area contributed by atoms with Gasteiger partial charge in [0.15, 0.2) is 18.7 Å². The van der Waals surface area contributed by atoms with Crippen LogP contribution in [0.3, 0.4) is 0 Å². The maximum atomic E-state index is 11.3. The number of aliphatic carboxylic acids is 1. The zero-order valence-corrected chi connectivity index (χ0v) is 13.7. The summed E-state index contributed by atoms with van der Waals surface area (Å²) in [5.41, 5.74) is 0. The normalized spacial score (nSPS) is 48.3. The van der Waals surface area contributed by atoms with Gasteiger partial charge in [-0.2, -0.15) is 0 Å². The number of ether oxygens (including phenoxy) is 4. The van der Waals surface area contributed by atoms with Crippen LogP contribution in [0.2, 0.25) is 0 Å². The highest BCUT2D eigenvalue weighted by molar-refractivity contribution is 5.73. The van der Waals surface area contributed by atoms with Gasteiger partial charge in [-0.15, -0.1) is 0 Å². The van der Waals surface area contributed by atoms with E-state index in [1.165, 1.54) is 7.11 Å². The molecule has 2 aliphatic rings. The van der Waals surface area contributed by atoms with Gasteiger partial charge in [0.25, 0.3) is 0 Å². The smallest absolute Gasteiger partial charge is 0.335 e. The van der Waals surface area contributed by atoms with Crippen LogP contribution in [-0.2, 0) is 23.7 Å². The summed E-state index contributed by atoms with van der Waals surface area (Å²) in [4.78, 5) is 11.3. The van der Waals surface area contributed by atoms with Gasteiger partial charge in [-0.25, -0.2) is 4.79 Å². The third-order valence-corrected chi connectivity index (χ3v) is 4.53. The van der Waals surface area contributed by atoms with Crippen LogP contribution < -0.4 is 0 Å². The fraction of sp³-hybridized carbons (Fsp3) is 0.929. The molecule has 0 aliphatic carbocycles. The Morgan fingerprint density at radius 3 is 2.20 bits per heavy atom. The van der Waals surface area contributed by atoms with E-state index in [0.717, 1.165) is 0 Å². The predicted molar refractivity (Wildman–Crippen MR) is 77.1 cm³/mol. The van der Waals surface area contributed by atoms with Crippen LogP contribution in [0.4, 0.5) is 0 Å². The monoisotopic (exact) mass is 368 g/mol. The minimum atomic E-state index is -1.89. The Labute approximate surface area is 143 Å². The van der Waals surface area contributed by atoms with Crippen LogP contribution >= 0.6 is 0 Å². The third kappa shape index (κ3) is 3.94. The molecule has 2 saturated heterocycles. The molecular formula is C14H24O11. The summed E-state index contributed by atoms with van der Waals surface area (Å²) in [5, 5.41) is 58.1. The van der Waals surface area contributed by atoms with E-state index in [1.807, 2.05) is 0 Å². The van der Waals surface area contributed by atoms with Gasteiger partial charge in [0, 0.05) is 13.0 Å². The first-order valence-corrected chi connectivity index (χ1v) is 7.78. The zero-order valence-electron chi connectivity index (χ0n) is 13.7. The zero-order chi connectivity index (χ0) is 18.9. The average Bonchev–Trinajstić information content (AvgIpc) is 2.58. The Bertz CT molecular complexity index is 458. The number of methoxy groups -OCH3 is 1. The van der Waals surface area contributed by atoms with Crippen molar-refractivity contribution in [2.45, 2.75) is 62.2 Å². The van der Waals surface area contributed by atoms with Crippen molar-refractivity contribution in [1.82, 2.24) is 0 Å². The molecule has 10 atom stereocenters. The Hall–Kier alpha value is -0.890. The lowest BCUT2D eigenvalue weighted by Crippen LogP contribution is -2.63. The predicted octanol–water partition coefficient (Wildman–Crippen LogP) is -3.38. The molecule has 2 heterocycles. The fourth-order valence-corrected chi connectivity index (χ4v) is 3.00. The molecule has 2 rings (SSSR count). The summed E-state index contributed by atoms with van der Waals surface area (Å²) in [6.45, 7) is 1.06. The maximum absolute atomic E-state index is 11.3. The number of carbonyl (C=O) groups is 1. The molecule has 11 nitrogen and oxygen atoms in total. The van der Waals surface area contributed by atoms with E-state index in [-0.39, 0.29) is 0 Å². The summed E-state index contributed by atoms with van der Waals surface area (Å²) in [6.07, 6.45) is -12.9. The van der Waals surface area contributed by atoms with E-state index in [0.29, 0.717) is 0 Å². The average molecular weight is 368 g/mol. The lowest BCUT2D eigenvalue weighted by atomic mass is 9.91. The number of rotatable bonds is 5. The molecule has 11 heteroatoms. The number of carboxylic acids is 1. The number of hydrogen-bond donors (Lipinski definition) is 6. The van der Waals surface area contributed by atoms with Gasteiger partial charge in [0.05, 0.1) is 12.7 Å². The third-order valence-electron chi connectivity index (χ3n) is 4.53. The van der Waals surface area contributed by atoms with Crippen LogP contribution in [0.25, 0.3) is 0 Å². The van der Waals surface area contributed by atoms with Crippen molar-refractivity contribution in [3.63, 3.8) is 0 Å². The summed E-state index contributed by atoms with van der Waals surface area (Å²) >= 11 is 0. The molecule has 0 radical (unpaired) electrons. The van der Waals surface area contributed by atoms with Gasteiger partial charge in [0.1, 0.15) is 30.5 Å². The van der Waals surface area contributed by atoms with E-state index in [1.54, 1.807) is 6.92 Å². The topological polar surface area (TPSA) is 175 Å². The minimum Gasteiger partial charge on any atom is -0.479 e. The van der Waals surface area contributed by atoms with Crippen molar-refractivity contribution in [3.05, 3.63) is 0 Å². The first-order chi connectivity index (χ1) is 11.7. The van der Waals surface area contributed by atoms with E-state index >= 15 is 0 Å². The lowest BCUT2D eigenvalue weighted by Gasteiger charge is -2.46. The maximum Gasteiger partial charge on any atom is 0.335 e. The molecule has 6 N–H and O–H groups in total. The molecule has 0 bridgehead atoms. The quantitative estimate of drug-likeness (QED) is 0.285. The summed E-state index contributed by atoms with van der Waals surface area (Å²) in [7, 11) is 1.34. The Balaban J connectivity index is 2.18. The molecule has 0 aromatic rings. The van der Waals surface area contributed by atoms with E-state index in [4.69, 9.17) is 18.9 Å². The Kier molecular flexibility index (Phi) is 6.70. The van der Waals surface area contributed by atoms with Crippen molar-refractivity contribution >= 4 is 5.97 Å². The molecule has 0 aromatic heterocycles. The second kappa shape index (κ2) is 8.20. The number of carboxylic acid groups (broad SMARTS) is 1. The van der Waals surface area contributed by atoms with E-state index in [9.17, 15) is 35.4 Å². The van der Waals surface area contributed by atoms with Gasteiger partial charge in [-0.3, -0.25) is 0 Å². The molecule has 2 fully saturated rings. The number of hydrogen-bond acceptors (Lipinski definition) is 10. The molecule has 2 aliphatic heterocycles. The highest BCUT2D eigenvalue weighted by Gasteiger charge is 2.51. The fourth-order valence-electron chi connectivity index (χ4n) is 3.00. The molecule has 0 saturated carbocycles. The highest BCUT2D eigenvalue weighted by atomic mass is 16.7. The lowest BCUT2D eigenvalue weighted by molar-refractivity contribution is -0.343. The van der Waals surface area contributed by atoms with Gasteiger partial charge < -0.3 is 49.6 Å². The highest BCUT2D eigenvalue weighted by Crippen LogP contribution is 2.32. The summed E-state index contributed by atoms with van der Waals surface area (Å²) < 4.78 is 20.8. The van der Waals surface area contributed by atoms with Crippen molar-refractivity contribution in [1.29, 1.82) is 0 Å². The van der Waals surface area contributed by atoms with Crippen LogP contribution in [0.5, 0.6) is 0 Å². The van der Waals surface area contributed by atoms with Gasteiger partial charge in [-0.05, 0) is 0 Å². The molecule has 0 aromatic carbocycles. The number of aliphatic hydroxyl groups is 5. The van der Waals surface area contributed by atoms with Crippen LogP contribution in [0.1, 0.15) is 6.92 Å². The number of aliphatic hydroxyl groups excluding tert-OH is 5. The summed E-state index contributed by atoms with van der Waals surface area (Å²) in [5.74, 6) is -2.23. The minimum absolute atomic E-state index is 0.491. The Morgan fingerprint density at radius 2 is 1.68 bits per heavy atom. The van der Waals surface area contributed by atoms with Crippen LogP contribution in [0.15, 0.2) is 0 Å². The van der Waals surface area contributed by atoms with Crippen molar-refractivity contribution in [2.75, 3.05) is 13.7 Å². The van der Waals surface area contributed by atoms with Crippen LogP contribution in [-0.4, -0.2) is 106 Å². The molecule has 25 heavy (non-hydrogen) atoms. The van der Waals surface area contributed by atoms with Gasteiger partial charge in [0.2, 0.25) is 0 Å². The van der Waals surface area contributed by atoms with Crippen molar-refractivity contribution in [2.24, 2.45) is 5.92 Å². The summed E-state index contributed by atoms with van der Waals surface area (Å²) in [6, 6.07) is 0. The molecule has 10 unspecified atom stereocenters. The largest absolute Gasteiger partial charge is 0.479 e. The molecule has 0 spiro atoms. The van der Waals surface area contributed by atoms with E-state index < -0.39 is 73.8 Å². The second-order valence-corrected chi connectivity index (χ2v) is 6.14.